The van der Waals surface area contributed by atoms with Gasteiger partial charge in [-0.25, -0.2) is 4.39 Å². The number of anilines is 1. The molecule has 0 bridgehead atoms. The highest BCUT2D eigenvalue weighted by molar-refractivity contribution is 5.86. The molecule has 1 saturated carbocycles. The summed E-state index contributed by atoms with van der Waals surface area (Å²) >= 11 is 0. The van der Waals surface area contributed by atoms with Gasteiger partial charge in [-0.2, -0.15) is 0 Å². The van der Waals surface area contributed by atoms with Gasteiger partial charge in [0.05, 0.1) is 0 Å². The maximum Gasteiger partial charge on any atom is 0.223 e. The van der Waals surface area contributed by atoms with E-state index in [2.05, 4.69) is 20.4 Å². The van der Waals surface area contributed by atoms with E-state index < -0.39 is 0 Å². The monoisotopic (exact) mass is 468 g/mol. The highest BCUT2D eigenvalue weighted by Crippen LogP contribution is 2.58. The summed E-state index contributed by atoms with van der Waals surface area (Å²) in [5.41, 5.74) is 1.40. The topological polar surface area (TPSA) is 47.6 Å². The molecule has 2 saturated heterocycles. The number of nitrogens with one attached hydrogen (secondary N) is 2. The average molecular weight is 470 g/mol. The van der Waals surface area contributed by atoms with Gasteiger partial charge in [0.2, 0.25) is 5.91 Å². The molecule has 0 radical (unpaired) electrons. The Morgan fingerprint density at radius 3 is 2.31 bits per heavy atom. The maximum absolute atomic E-state index is 13.0. The quantitative estimate of drug-likeness (QED) is 0.696. The van der Waals surface area contributed by atoms with Gasteiger partial charge in [0.25, 0.3) is 0 Å². The van der Waals surface area contributed by atoms with E-state index in [0.717, 1.165) is 77.3 Å². The van der Waals surface area contributed by atoms with E-state index >= 15 is 0 Å². The Morgan fingerprint density at radius 1 is 1.07 bits per heavy atom. The Hall–Kier alpha value is -0.790. The number of hydrogen-bond donors (Lipinski definition) is 2. The molecule has 1 aromatic rings. The summed E-state index contributed by atoms with van der Waals surface area (Å²) in [4.78, 5) is 17.1. The molecule has 2 heterocycles. The summed E-state index contributed by atoms with van der Waals surface area (Å²) in [6, 6.07) is 6.73. The lowest BCUT2D eigenvalue weighted by Gasteiger charge is -2.36. The lowest BCUT2D eigenvalue weighted by atomic mass is 9.92. The minimum atomic E-state index is -0.190. The molecule has 2 aliphatic heterocycles. The molecule has 1 amide bonds. The highest BCUT2D eigenvalue weighted by Gasteiger charge is 2.57. The van der Waals surface area contributed by atoms with E-state index in [1.165, 1.54) is 12.1 Å². The van der Waals surface area contributed by atoms with Crippen LogP contribution in [0.15, 0.2) is 24.3 Å². The van der Waals surface area contributed by atoms with Crippen molar-refractivity contribution in [1.82, 2.24) is 15.5 Å². The van der Waals surface area contributed by atoms with Gasteiger partial charge in [-0.15, -0.1) is 37.2 Å². The van der Waals surface area contributed by atoms with Gasteiger partial charge in [-0.3, -0.25) is 9.69 Å². The van der Waals surface area contributed by atoms with Crippen molar-refractivity contribution in [2.24, 2.45) is 11.3 Å². The largest absolute Gasteiger partial charge is 0.369 e. The molecular formula is C20H32Cl3FN4O. The molecule has 4 rings (SSSR count). The predicted octanol–water partition coefficient (Wildman–Crippen LogP) is 2.72. The second-order valence-corrected chi connectivity index (χ2v) is 7.97. The smallest absolute Gasteiger partial charge is 0.223 e. The number of piperazine rings is 1. The van der Waals surface area contributed by atoms with Crippen molar-refractivity contribution in [3.05, 3.63) is 30.1 Å². The number of nitrogens with zero attached hydrogens (tertiary/aromatic N) is 2. The van der Waals surface area contributed by atoms with Crippen molar-refractivity contribution in [3.8, 4) is 0 Å². The van der Waals surface area contributed by atoms with Gasteiger partial charge in [0.1, 0.15) is 5.82 Å². The van der Waals surface area contributed by atoms with Crippen molar-refractivity contribution >= 4 is 48.8 Å². The van der Waals surface area contributed by atoms with Gasteiger partial charge in [0.15, 0.2) is 0 Å². The number of halogens is 4. The number of rotatable bonds is 5. The molecule has 1 unspecified atom stereocenters. The molecule has 1 atom stereocenters. The second-order valence-electron chi connectivity index (χ2n) is 7.97. The van der Waals surface area contributed by atoms with Crippen molar-refractivity contribution in [1.29, 1.82) is 0 Å². The summed E-state index contributed by atoms with van der Waals surface area (Å²) in [7, 11) is 0. The fraction of sp³-hybridized carbons (Fsp3) is 0.650. The molecule has 5 nitrogen and oxygen atoms in total. The van der Waals surface area contributed by atoms with Gasteiger partial charge in [-0.05, 0) is 62.0 Å². The van der Waals surface area contributed by atoms with Crippen LogP contribution in [-0.2, 0) is 4.79 Å². The molecule has 1 spiro atoms. The first-order valence-electron chi connectivity index (χ1n) is 9.88. The van der Waals surface area contributed by atoms with Crippen molar-refractivity contribution in [2.45, 2.75) is 19.3 Å². The van der Waals surface area contributed by atoms with Crippen molar-refractivity contribution in [2.75, 3.05) is 57.3 Å². The van der Waals surface area contributed by atoms with Crippen LogP contribution < -0.4 is 15.5 Å². The molecule has 9 heteroatoms. The van der Waals surface area contributed by atoms with Gasteiger partial charge < -0.3 is 15.5 Å². The van der Waals surface area contributed by atoms with Crippen LogP contribution in [0.25, 0.3) is 0 Å². The number of carbonyl (C=O) groups excluding carboxylic acids is 1. The van der Waals surface area contributed by atoms with E-state index in [-0.39, 0.29) is 54.9 Å². The molecule has 29 heavy (non-hydrogen) atoms. The Labute approximate surface area is 191 Å². The van der Waals surface area contributed by atoms with Crippen molar-refractivity contribution in [3.63, 3.8) is 0 Å². The summed E-state index contributed by atoms with van der Waals surface area (Å²) in [5, 5.41) is 6.54. The second kappa shape index (κ2) is 11.6. The van der Waals surface area contributed by atoms with Crippen LogP contribution >= 0.6 is 37.2 Å². The molecule has 1 aromatic carbocycles. The van der Waals surface area contributed by atoms with Crippen molar-refractivity contribution < 1.29 is 9.18 Å². The minimum Gasteiger partial charge on any atom is -0.369 e. The lowest BCUT2D eigenvalue weighted by Crippen LogP contribution is -2.48. The fourth-order valence-electron chi connectivity index (χ4n) is 4.54. The molecule has 166 valence electrons. The molecular weight excluding hydrogens is 438 g/mol. The van der Waals surface area contributed by atoms with E-state index in [4.69, 9.17) is 0 Å². The Bertz CT molecular complexity index is 635. The molecule has 3 fully saturated rings. The van der Waals surface area contributed by atoms with E-state index in [0.29, 0.717) is 5.41 Å². The van der Waals surface area contributed by atoms with Crippen LogP contribution in [0.1, 0.15) is 19.3 Å². The third-order valence-corrected chi connectivity index (χ3v) is 6.40. The van der Waals surface area contributed by atoms with Crippen LogP contribution in [0.4, 0.5) is 10.1 Å². The average Bonchev–Trinajstić information content (AvgIpc) is 3.36. The summed E-state index contributed by atoms with van der Waals surface area (Å²) in [6.45, 7) is 7.60. The fourth-order valence-corrected chi connectivity index (χ4v) is 4.54. The third kappa shape index (κ3) is 6.34. The lowest BCUT2D eigenvalue weighted by molar-refractivity contribution is -0.123. The van der Waals surface area contributed by atoms with E-state index in [1.54, 1.807) is 0 Å². The molecule has 0 aromatic heterocycles. The number of amides is 1. The van der Waals surface area contributed by atoms with E-state index in [1.807, 2.05) is 12.1 Å². The van der Waals surface area contributed by atoms with Crippen LogP contribution in [0.3, 0.4) is 0 Å². The van der Waals surface area contributed by atoms with E-state index in [9.17, 15) is 9.18 Å². The highest BCUT2D eigenvalue weighted by atomic mass is 35.5. The van der Waals surface area contributed by atoms with Crippen LogP contribution in [0, 0.1) is 17.2 Å². The number of hydrogen-bond acceptors (Lipinski definition) is 4. The van der Waals surface area contributed by atoms with Crippen LogP contribution in [-0.4, -0.2) is 63.2 Å². The van der Waals surface area contributed by atoms with Crippen LogP contribution in [0.2, 0.25) is 0 Å². The van der Waals surface area contributed by atoms with Gasteiger partial charge in [-0.1, -0.05) is 0 Å². The van der Waals surface area contributed by atoms with Gasteiger partial charge >= 0.3 is 0 Å². The zero-order valence-corrected chi connectivity index (χ0v) is 19.0. The first kappa shape index (κ1) is 26.2. The normalized spacial score (nSPS) is 22.7. The third-order valence-electron chi connectivity index (χ3n) is 6.40. The summed E-state index contributed by atoms with van der Waals surface area (Å²) in [5.74, 6) is 0.321. The molecule has 2 N–H and O–H groups in total. The number of benzene rings is 1. The predicted molar refractivity (Wildman–Crippen MR) is 122 cm³/mol. The zero-order chi connectivity index (χ0) is 18.0. The van der Waals surface area contributed by atoms with Gasteiger partial charge in [0, 0.05) is 50.9 Å². The SMILES string of the molecule is Cl.Cl.Cl.O=C(NCCN1CCN(c2ccc(F)cc2)CC1)C1CC12CCNCC2. The number of piperidine rings is 1. The Morgan fingerprint density at radius 2 is 1.69 bits per heavy atom. The zero-order valence-electron chi connectivity index (χ0n) is 16.6. The molecule has 1 aliphatic carbocycles. The minimum absolute atomic E-state index is 0. The Balaban J connectivity index is 0.00000140. The molecule has 3 aliphatic rings. The standard InChI is InChI=1S/C20H29FN4O.3ClH/c21-16-1-3-17(4-2-16)25-13-11-24(12-14-25)10-9-23-19(26)18-15-20(18)5-7-22-8-6-20;;;/h1-4,18,22H,5-15H2,(H,23,26);3*1H. The van der Waals surface area contributed by atoms with Crippen LogP contribution in [0.5, 0.6) is 0 Å². The summed E-state index contributed by atoms with van der Waals surface area (Å²) in [6.07, 6.45) is 3.38. The first-order valence-corrected chi connectivity index (χ1v) is 9.88. The summed E-state index contributed by atoms with van der Waals surface area (Å²) < 4.78 is 13.0. The first-order chi connectivity index (χ1) is 12.7. The number of carbonyl (C=O) groups is 1. The Kier molecular flexibility index (Phi) is 10.5. The maximum atomic E-state index is 13.0.